The fraction of sp³-hybridized carbons (Fsp3) is 0.312. The Morgan fingerprint density at radius 1 is 1.24 bits per heavy atom. The first-order valence-corrected chi connectivity index (χ1v) is 7.64. The Hall–Kier alpha value is -2.01. The number of aryl methyl sites for hydroxylation is 1. The lowest BCUT2D eigenvalue weighted by Gasteiger charge is -2.15. The topological polar surface area (TPSA) is 55.6 Å². The molecule has 0 unspecified atom stereocenters. The molecule has 2 rings (SSSR count). The molecule has 0 aliphatic carbocycles. The minimum Gasteiger partial charge on any atom is -0.456 e. The van der Waals surface area contributed by atoms with Crippen molar-refractivity contribution in [2.45, 2.75) is 20.0 Å². The Balaban J connectivity index is 2.01. The van der Waals surface area contributed by atoms with Crippen LogP contribution in [0.4, 0.5) is 11.4 Å². The van der Waals surface area contributed by atoms with Crippen molar-refractivity contribution in [1.29, 1.82) is 0 Å². The number of ether oxygens (including phenoxy) is 1. The van der Waals surface area contributed by atoms with Gasteiger partial charge in [0.15, 0.2) is 0 Å². The lowest BCUT2D eigenvalue weighted by molar-refractivity contribution is 0.0477. The zero-order valence-corrected chi connectivity index (χ0v) is 13.4. The highest BCUT2D eigenvalue weighted by Gasteiger charge is 2.11. The third-order valence-corrected chi connectivity index (χ3v) is 4.36. The minimum absolute atomic E-state index is 0.304. The van der Waals surface area contributed by atoms with Crippen LogP contribution in [0.5, 0.6) is 0 Å². The van der Waals surface area contributed by atoms with Gasteiger partial charge in [0.25, 0.3) is 0 Å². The molecule has 0 aliphatic heterocycles. The van der Waals surface area contributed by atoms with Crippen LogP contribution in [0.15, 0.2) is 30.3 Å². The summed E-state index contributed by atoms with van der Waals surface area (Å²) in [6.45, 7) is 2.41. The molecule has 0 aliphatic rings. The van der Waals surface area contributed by atoms with Gasteiger partial charge in [-0.15, -0.1) is 11.3 Å². The van der Waals surface area contributed by atoms with Crippen LogP contribution < -0.4 is 10.6 Å². The molecule has 0 fully saturated rings. The van der Waals surface area contributed by atoms with Gasteiger partial charge in [-0.05, 0) is 36.8 Å². The molecule has 0 saturated carbocycles. The summed E-state index contributed by atoms with van der Waals surface area (Å²) in [5.74, 6) is -0.349. The van der Waals surface area contributed by atoms with Gasteiger partial charge in [0.05, 0.1) is 16.9 Å². The highest BCUT2D eigenvalue weighted by Crippen LogP contribution is 2.23. The Labute approximate surface area is 129 Å². The van der Waals surface area contributed by atoms with Crippen molar-refractivity contribution < 1.29 is 9.53 Å². The van der Waals surface area contributed by atoms with Crippen LogP contribution in [0.2, 0.25) is 0 Å². The van der Waals surface area contributed by atoms with E-state index in [9.17, 15) is 4.79 Å². The molecule has 0 amide bonds. The summed E-state index contributed by atoms with van der Waals surface area (Å²) in [6.07, 6.45) is 1.00. The normalized spacial score (nSPS) is 10.4. The quantitative estimate of drug-likeness (QED) is 0.680. The van der Waals surface area contributed by atoms with E-state index in [0.717, 1.165) is 17.0 Å². The van der Waals surface area contributed by atoms with Crippen LogP contribution in [0.3, 0.4) is 0 Å². The van der Waals surface area contributed by atoms with E-state index >= 15 is 0 Å². The Kier molecular flexibility index (Phi) is 4.85. The third kappa shape index (κ3) is 3.76. The zero-order valence-electron chi connectivity index (χ0n) is 12.6. The SMILES string of the molecule is CCc1ccc(COC(=O)c2ccc(N(C)C)c(N)c2)s1. The molecular formula is C16H20N2O2S. The number of anilines is 2. The number of carbonyl (C=O) groups is 1. The minimum atomic E-state index is -0.349. The molecule has 0 radical (unpaired) electrons. The van der Waals surface area contributed by atoms with Gasteiger partial charge in [-0.1, -0.05) is 6.92 Å². The van der Waals surface area contributed by atoms with E-state index in [1.807, 2.05) is 31.1 Å². The maximum Gasteiger partial charge on any atom is 0.338 e. The van der Waals surface area contributed by atoms with Crippen molar-refractivity contribution in [1.82, 2.24) is 0 Å². The molecule has 0 atom stereocenters. The third-order valence-electron chi connectivity index (χ3n) is 3.16. The van der Waals surface area contributed by atoms with Crippen LogP contribution in [0.1, 0.15) is 27.0 Å². The predicted octanol–water partition coefficient (Wildman–Crippen LogP) is 3.32. The van der Waals surface area contributed by atoms with E-state index in [4.69, 9.17) is 10.5 Å². The van der Waals surface area contributed by atoms with Crippen molar-refractivity contribution in [3.8, 4) is 0 Å². The van der Waals surface area contributed by atoms with Gasteiger partial charge in [0.1, 0.15) is 6.61 Å². The first-order chi connectivity index (χ1) is 10.0. The van der Waals surface area contributed by atoms with Gasteiger partial charge in [-0.25, -0.2) is 4.79 Å². The molecule has 0 bridgehead atoms. The summed E-state index contributed by atoms with van der Waals surface area (Å²) in [5.41, 5.74) is 7.87. The van der Waals surface area contributed by atoms with Crippen molar-refractivity contribution in [2.75, 3.05) is 24.7 Å². The van der Waals surface area contributed by atoms with Crippen molar-refractivity contribution in [3.05, 3.63) is 45.6 Å². The maximum atomic E-state index is 12.0. The Bertz CT molecular complexity index is 635. The average Bonchev–Trinajstić information content (AvgIpc) is 2.92. The molecular weight excluding hydrogens is 284 g/mol. The zero-order chi connectivity index (χ0) is 15.4. The van der Waals surface area contributed by atoms with Gasteiger partial charge >= 0.3 is 5.97 Å². The molecule has 1 aromatic heterocycles. The second-order valence-corrected chi connectivity index (χ2v) is 6.22. The first kappa shape index (κ1) is 15.4. The summed E-state index contributed by atoms with van der Waals surface area (Å²) in [4.78, 5) is 16.3. The molecule has 0 spiro atoms. The molecule has 2 aromatic rings. The van der Waals surface area contributed by atoms with E-state index in [1.165, 1.54) is 4.88 Å². The number of hydrogen-bond donors (Lipinski definition) is 1. The van der Waals surface area contributed by atoms with Crippen LogP contribution in [0.25, 0.3) is 0 Å². The molecule has 21 heavy (non-hydrogen) atoms. The van der Waals surface area contributed by atoms with Crippen LogP contribution >= 0.6 is 11.3 Å². The average molecular weight is 304 g/mol. The van der Waals surface area contributed by atoms with E-state index < -0.39 is 0 Å². The highest BCUT2D eigenvalue weighted by molar-refractivity contribution is 7.11. The number of thiophene rings is 1. The largest absolute Gasteiger partial charge is 0.456 e. The smallest absolute Gasteiger partial charge is 0.338 e. The molecule has 0 saturated heterocycles. The molecule has 112 valence electrons. The molecule has 2 N–H and O–H groups in total. The van der Waals surface area contributed by atoms with E-state index in [1.54, 1.807) is 23.5 Å². The van der Waals surface area contributed by atoms with E-state index in [0.29, 0.717) is 17.9 Å². The number of hydrogen-bond acceptors (Lipinski definition) is 5. The highest BCUT2D eigenvalue weighted by atomic mass is 32.1. The summed E-state index contributed by atoms with van der Waals surface area (Å²) in [5, 5.41) is 0. The van der Waals surface area contributed by atoms with Gasteiger partial charge in [-0.3, -0.25) is 0 Å². The maximum absolute atomic E-state index is 12.0. The number of esters is 1. The number of carbonyl (C=O) groups excluding carboxylic acids is 1. The standard InChI is InChI=1S/C16H20N2O2S/c1-4-12-6-7-13(21-12)10-20-16(19)11-5-8-15(18(2)3)14(17)9-11/h5-9H,4,10,17H2,1-3H3. The number of nitrogens with zero attached hydrogens (tertiary/aromatic N) is 1. The second kappa shape index (κ2) is 6.63. The van der Waals surface area contributed by atoms with Gasteiger partial charge in [0.2, 0.25) is 0 Å². The summed E-state index contributed by atoms with van der Waals surface area (Å²) >= 11 is 1.67. The van der Waals surface area contributed by atoms with Crippen molar-refractivity contribution in [3.63, 3.8) is 0 Å². The predicted molar refractivity (Wildman–Crippen MR) is 88.0 cm³/mol. The summed E-state index contributed by atoms with van der Waals surface area (Å²) in [7, 11) is 3.82. The van der Waals surface area contributed by atoms with Gasteiger partial charge in [0, 0.05) is 23.8 Å². The number of rotatable bonds is 5. The summed E-state index contributed by atoms with van der Waals surface area (Å²) < 4.78 is 5.33. The molecule has 5 heteroatoms. The fourth-order valence-electron chi connectivity index (χ4n) is 2.00. The van der Waals surface area contributed by atoms with Gasteiger partial charge < -0.3 is 15.4 Å². The molecule has 1 aromatic carbocycles. The molecule has 1 heterocycles. The Morgan fingerprint density at radius 2 is 1.95 bits per heavy atom. The fourth-order valence-corrected chi connectivity index (χ4v) is 2.87. The summed E-state index contributed by atoms with van der Waals surface area (Å²) in [6, 6.07) is 9.29. The first-order valence-electron chi connectivity index (χ1n) is 6.82. The van der Waals surface area contributed by atoms with Crippen LogP contribution in [0, 0.1) is 0 Å². The monoisotopic (exact) mass is 304 g/mol. The van der Waals surface area contributed by atoms with Crippen LogP contribution in [-0.2, 0) is 17.8 Å². The Morgan fingerprint density at radius 3 is 2.52 bits per heavy atom. The van der Waals surface area contributed by atoms with Crippen LogP contribution in [-0.4, -0.2) is 20.1 Å². The van der Waals surface area contributed by atoms with Gasteiger partial charge in [-0.2, -0.15) is 0 Å². The van der Waals surface area contributed by atoms with E-state index in [2.05, 4.69) is 13.0 Å². The van der Waals surface area contributed by atoms with Crippen molar-refractivity contribution in [2.24, 2.45) is 0 Å². The van der Waals surface area contributed by atoms with E-state index in [-0.39, 0.29) is 5.97 Å². The molecule has 4 nitrogen and oxygen atoms in total. The number of benzene rings is 1. The lowest BCUT2D eigenvalue weighted by Crippen LogP contribution is -2.12. The number of nitrogens with two attached hydrogens (primary N) is 1. The lowest BCUT2D eigenvalue weighted by atomic mass is 10.1. The second-order valence-electron chi connectivity index (χ2n) is 4.97. The number of nitrogen functional groups attached to an aromatic ring is 1. The van der Waals surface area contributed by atoms with Crippen molar-refractivity contribution >= 4 is 28.7 Å².